The van der Waals surface area contributed by atoms with Gasteiger partial charge in [0.2, 0.25) is 0 Å². The van der Waals surface area contributed by atoms with Crippen molar-refractivity contribution in [3.05, 3.63) is 71.8 Å². The first-order chi connectivity index (χ1) is 14.2. The lowest BCUT2D eigenvalue weighted by Crippen LogP contribution is -2.36. The van der Waals surface area contributed by atoms with Gasteiger partial charge in [-0.1, -0.05) is 31.2 Å². The third kappa shape index (κ3) is 4.60. The molecular weight excluding hydrogens is 364 g/mol. The molecule has 3 aromatic rings. The second-order valence-electron chi connectivity index (χ2n) is 6.96. The van der Waals surface area contributed by atoms with Crippen LogP contribution in [0.15, 0.2) is 60.7 Å². The highest BCUT2D eigenvalue weighted by atomic mass is 16.5. The molecule has 0 bridgehead atoms. The van der Waals surface area contributed by atoms with E-state index in [1.807, 2.05) is 60.7 Å². The Hall–Kier alpha value is -3.25. The van der Waals surface area contributed by atoms with Crippen LogP contribution in [0.5, 0.6) is 0 Å². The fourth-order valence-corrected chi connectivity index (χ4v) is 3.26. The summed E-state index contributed by atoms with van der Waals surface area (Å²) in [6.45, 7) is 5.21. The van der Waals surface area contributed by atoms with Crippen molar-refractivity contribution >= 4 is 17.4 Å². The number of ether oxygens (including phenoxy) is 1. The molecule has 0 radical (unpaired) electrons. The average molecular weight is 388 g/mol. The number of hydrogen-bond donors (Lipinski definition) is 1. The number of carbonyl (C=O) groups excluding carboxylic acids is 1. The maximum Gasteiger partial charge on any atom is 0.255 e. The van der Waals surface area contributed by atoms with E-state index >= 15 is 0 Å². The number of nitrogens with one attached hydrogen (secondary N) is 1. The van der Waals surface area contributed by atoms with Crippen LogP contribution >= 0.6 is 0 Å². The summed E-state index contributed by atoms with van der Waals surface area (Å²) in [7, 11) is 0. The number of rotatable bonds is 5. The lowest BCUT2D eigenvalue weighted by atomic mass is 10.1. The topological polar surface area (TPSA) is 67.4 Å². The molecule has 1 aliphatic rings. The van der Waals surface area contributed by atoms with Crippen LogP contribution in [-0.2, 0) is 11.2 Å². The van der Waals surface area contributed by atoms with Crippen molar-refractivity contribution in [1.29, 1.82) is 0 Å². The molecule has 0 spiro atoms. The van der Waals surface area contributed by atoms with Gasteiger partial charge in [0.15, 0.2) is 5.82 Å². The van der Waals surface area contributed by atoms with Gasteiger partial charge in [-0.15, -0.1) is 10.2 Å². The summed E-state index contributed by atoms with van der Waals surface area (Å²) in [4.78, 5) is 14.6. The van der Waals surface area contributed by atoms with E-state index in [9.17, 15) is 4.79 Å². The van der Waals surface area contributed by atoms with Crippen LogP contribution in [0.2, 0.25) is 0 Å². The van der Waals surface area contributed by atoms with Crippen molar-refractivity contribution in [3.8, 4) is 11.3 Å². The molecule has 1 saturated heterocycles. The van der Waals surface area contributed by atoms with E-state index < -0.39 is 0 Å². The van der Waals surface area contributed by atoms with Crippen LogP contribution < -0.4 is 10.2 Å². The van der Waals surface area contributed by atoms with E-state index in [1.54, 1.807) is 0 Å². The Balaban J connectivity index is 1.42. The van der Waals surface area contributed by atoms with Crippen LogP contribution in [0.25, 0.3) is 11.3 Å². The molecule has 1 aliphatic heterocycles. The van der Waals surface area contributed by atoms with E-state index in [-0.39, 0.29) is 5.91 Å². The standard InChI is InChI=1S/C23H24N4O2/c1-2-17-3-9-20(10-4-17)24-23(28)19-7-5-18(6-8-19)21-11-12-22(26-25-21)27-13-15-29-16-14-27/h3-12H,2,13-16H2,1H3,(H,24,28). The Kier molecular flexibility index (Phi) is 5.81. The number of benzene rings is 2. The maximum atomic E-state index is 12.5. The molecule has 1 fully saturated rings. The lowest BCUT2D eigenvalue weighted by Gasteiger charge is -2.27. The predicted octanol–water partition coefficient (Wildman–Crippen LogP) is 3.79. The fraction of sp³-hybridized carbons (Fsp3) is 0.261. The molecule has 29 heavy (non-hydrogen) atoms. The zero-order valence-electron chi connectivity index (χ0n) is 16.5. The number of aryl methyl sites for hydroxylation is 1. The SMILES string of the molecule is CCc1ccc(NC(=O)c2ccc(-c3ccc(N4CCOCC4)nn3)cc2)cc1. The van der Waals surface area contributed by atoms with E-state index in [4.69, 9.17) is 4.74 Å². The Morgan fingerprint density at radius 1 is 0.966 bits per heavy atom. The van der Waals surface area contributed by atoms with Crippen LogP contribution in [0, 0.1) is 0 Å². The molecule has 0 saturated carbocycles. The average Bonchev–Trinajstić information content (AvgIpc) is 2.80. The van der Waals surface area contributed by atoms with Crippen molar-refractivity contribution < 1.29 is 9.53 Å². The highest BCUT2D eigenvalue weighted by Crippen LogP contribution is 2.20. The molecular formula is C23H24N4O2. The van der Waals surface area contributed by atoms with Crippen LogP contribution in [0.3, 0.4) is 0 Å². The summed E-state index contributed by atoms with van der Waals surface area (Å²) in [6.07, 6.45) is 0.978. The smallest absolute Gasteiger partial charge is 0.255 e. The van der Waals surface area contributed by atoms with Gasteiger partial charge >= 0.3 is 0 Å². The maximum absolute atomic E-state index is 12.5. The van der Waals surface area contributed by atoms with Gasteiger partial charge < -0.3 is 15.0 Å². The van der Waals surface area contributed by atoms with E-state index in [1.165, 1.54) is 5.56 Å². The molecule has 1 amide bonds. The van der Waals surface area contributed by atoms with Crippen molar-refractivity contribution in [2.45, 2.75) is 13.3 Å². The summed E-state index contributed by atoms with van der Waals surface area (Å²) < 4.78 is 5.37. The minimum atomic E-state index is -0.130. The number of aromatic nitrogens is 2. The second kappa shape index (κ2) is 8.84. The molecule has 2 aromatic carbocycles. The third-order valence-electron chi connectivity index (χ3n) is 5.05. The molecule has 6 nitrogen and oxygen atoms in total. The summed E-state index contributed by atoms with van der Waals surface area (Å²) in [5.74, 6) is 0.733. The van der Waals surface area contributed by atoms with E-state index in [0.29, 0.717) is 5.56 Å². The zero-order chi connectivity index (χ0) is 20.1. The van der Waals surface area contributed by atoms with Crippen LogP contribution in [0.4, 0.5) is 11.5 Å². The van der Waals surface area contributed by atoms with Crippen LogP contribution in [0.1, 0.15) is 22.8 Å². The van der Waals surface area contributed by atoms with E-state index in [2.05, 4.69) is 27.3 Å². The first-order valence-corrected chi connectivity index (χ1v) is 9.90. The van der Waals surface area contributed by atoms with Gasteiger partial charge in [0.25, 0.3) is 5.91 Å². The Morgan fingerprint density at radius 3 is 2.31 bits per heavy atom. The number of anilines is 2. The van der Waals surface area contributed by atoms with Gasteiger partial charge in [-0.05, 0) is 48.4 Å². The van der Waals surface area contributed by atoms with Crippen molar-refractivity contribution in [1.82, 2.24) is 10.2 Å². The Labute approximate surface area is 170 Å². The number of amides is 1. The normalized spacial score (nSPS) is 13.9. The van der Waals surface area contributed by atoms with Gasteiger partial charge in [0, 0.05) is 29.9 Å². The molecule has 6 heteroatoms. The van der Waals surface area contributed by atoms with Gasteiger partial charge in [0.1, 0.15) is 0 Å². The molecule has 0 unspecified atom stereocenters. The largest absolute Gasteiger partial charge is 0.378 e. The molecule has 0 atom stereocenters. The Morgan fingerprint density at radius 2 is 1.69 bits per heavy atom. The van der Waals surface area contributed by atoms with Gasteiger partial charge in [-0.3, -0.25) is 4.79 Å². The number of hydrogen-bond acceptors (Lipinski definition) is 5. The number of nitrogens with zero attached hydrogens (tertiary/aromatic N) is 3. The number of morpholine rings is 1. The molecule has 4 rings (SSSR count). The molecule has 0 aliphatic carbocycles. The van der Waals surface area contributed by atoms with E-state index in [0.717, 1.165) is 55.5 Å². The summed E-state index contributed by atoms with van der Waals surface area (Å²) in [5, 5.41) is 11.6. The van der Waals surface area contributed by atoms with Gasteiger partial charge in [0.05, 0.1) is 18.9 Å². The van der Waals surface area contributed by atoms with Crippen LogP contribution in [-0.4, -0.2) is 42.4 Å². The zero-order valence-corrected chi connectivity index (χ0v) is 16.5. The minimum Gasteiger partial charge on any atom is -0.378 e. The minimum absolute atomic E-state index is 0.130. The Bertz CT molecular complexity index is 948. The van der Waals surface area contributed by atoms with Gasteiger partial charge in [-0.25, -0.2) is 0 Å². The lowest BCUT2D eigenvalue weighted by molar-refractivity contribution is 0.102. The highest BCUT2D eigenvalue weighted by Gasteiger charge is 2.13. The van der Waals surface area contributed by atoms with Crippen molar-refractivity contribution in [2.24, 2.45) is 0 Å². The third-order valence-corrected chi connectivity index (χ3v) is 5.05. The fourth-order valence-electron chi connectivity index (χ4n) is 3.26. The summed E-state index contributed by atoms with van der Waals surface area (Å²) in [5.41, 5.74) is 4.35. The second-order valence-corrected chi connectivity index (χ2v) is 6.96. The first-order valence-electron chi connectivity index (χ1n) is 9.90. The summed E-state index contributed by atoms with van der Waals surface area (Å²) >= 11 is 0. The molecule has 1 N–H and O–H groups in total. The monoisotopic (exact) mass is 388 g/mol. The van der Waals surface area contributed by atoms with Crippen molar-refractivity contribution in [3.63, 3.8) is 0 Å². The van der Waals surface area contributed by atoms with Crippen molar-refractivity contribution in [2.75, 3.05) is 36.5 Å². The molecule has 2 heterocycles. The highest BCUT2D eigenvalue weighted by molar-refractivity contribution is 6.04. The summed E-state index contributed by atoms with van der Waals surface area (Å²) in [6, 6.07) is 19.3. The predicted molar refractivity (Wildman–Crippen MR) is 114 cm³/mol. The molecule has 1 aromatic heterocycles. The number of carbonyl (C=O) groups is 1. The quantitative estimate of drug-likeness (QED) is 0.720. The molecule has 148 valence electrons. The van der Waals surface area contributed by atoms with Gasteiger partial charge in [-0.2, -0.15) is 0 Å². The first kappa shape index (κ1) is 19.1.